The molecule has 0 heterocycles. The van der Waals surface area contributed by atoms with Crippen molar-refractivity contribution >= 4 is 5.91 Å². The van der Waals surface area contributed by atoms with Gasteiger partial charge in [-0.05, 0) is 12.1 Å². The Kier molecular flexibility index (Phi) is 5.41. The lowest BCUT2D eigenvalue weighted by molar-refractivity contribution is -0.0974. The average molecular weight is 255 g/mol. The van der Waals surface area contributed by atoms with Crippen LogP contribution in [0.4, 0.5) is 0 Å². The highest BCUT2D eigenvalue weighted by Crippen LogP contribution is 2.26. The lowest BCUT2D eigenvalue weighted by Gasteiger charge is -2.15. The Morgan fingerprint density at radius 3 is 2.56 bits per heavy atom. The number of rotatable bonds is 6. The molecule has 0 fully saturated rings. The summed E-state index contributed by atoms with van der Waals surface area (Å²) < 4.78 is 14.9. The molecule has 6 nitrogen and oxygen atoms in total. The average Bonchev–Trinajstić information content (AvgIpc) is 2.39. The van der Waals surface area contributed by atoms with Crippen LogP contribution in [-0.2, 0) is 9.47 Å². The van der Waals surface area contributed by atoms with Crippen LogP contribution in [0.1, 0.15) is 10.4 Å². The van der Waals surface area contributed by atoms with Crippen LogP contribution < -0.4 is 10.1 Å². The number of phenols is 1. The van der Waals surface area contributed by atoms with E-state index in [0.717, 1.165) is 0 Å². The van der Waals surface area contributed by atoms with Gasteiger partial charge < -0.3 is 24.6 Å². The quantitative estimate of drug-likeness (QED) is 0.733. The largest absolute Gasteiger partial charge is 0.507 e. The van der Waals surface area contributed by atoms with Gasteiger partial charge in [-0.2, -0.15) is 0 Å². The molecule has 1 rings (SSSR count). The monoisotopic (exact) mass is 255 g/mol. The predicted molar refractivity (Wildman–Crippen MR) is 64.8 cm³/mol. The van der Waals surface area contributed by atoms with Crippen LogP contribution in [0.3, 0.4) is 0 Å². The number of ether oxygens (including phenoxy) is 3. The van der Waals surface area contributed by atoms with E-state index in [4.69, 9.17) is 14.2 Å². The lowest BCUT2D eigenvalue weighted by atomic mass is 10.1. The van der Waals surface area contributed by atoms with Crippen molar-refractivity contribution in [2.45, 2.75) is 6.29 Å². The Balaban J connectivity index is 2.78. The molecule has 1 amide bonds. The summed E-state index contributed by atoms with van der Waals surface area (Å²) in [5.41, 5.74) is 0.0888. The molecule has 0 aromatic heterocycles. The lowest BCUT2D eigenvalue weighted by Crippen LogP contribution is -2.34. The first-order valence-corrected chi connectivity index (χ1v) is 5.33. The van der Waals surface area contributed by atoms with E-state index >= 15 is 0 Å². The van der Waals surface area contributed by atoms with Gasteiger partial charge in [-0.3, -0.25) is 4.79 Å². The second kappa shape index (κ2) is 6.83. The summed E-state index contributed by atoms with van der Waals surface area (Å²) in [6.45, 7) is 0.170. The van der Waals surface area contributed by atoms with Crippen molar-refractivity contribution in [3.63, 3.8) is 0 Å². The van der Waals surface area contributed by atoms with Crippen LogP contribution in [0.25, 0.3) is 0 Å². The van der Waals surface area contributed by atoms with Gasteiger partial charge in [0.05, 0.1) is 13.7 Å². The maximum atomic E-state index is 11.9. The minimum Gasteiger partial charge on any atom is -0.507 e. The standard InChI is InChI=1S/C12H17NO5/c1-16-9-6-4-5-8(14)11(9)12(15)13-7-10(17-2)18-3/h4-6,10,14H,7H2,1-3H3,(H,13,15). The van der Waals surface area contributed by atoms with Gasteiger partial charge in [0.25, 0.3) is 5.91 Å². The number of aromatic hydroxyl groups is 1. The Bertz CT molecular complexity index is 403. The van der Waals surface area contributed by atoms with Gasteiger partial charge in [0.1, 0.15) is 17.1 Å². The molecular weight excluding hydrogens is 238 g/mol. The fourth-order valence-corrected chi connectivity index (χ4v) is 1.45. The third kappa shape index (κ3) is 3.35. The molecule has 0 bridgehead atoms. The molecule has 1 aromatic carbocycles. The Morgan fingerprint density at radius 1 is 1.33 bits per heavy atom. The Morgan fingerprint density at radius 2 is 2.00 bits per heavy atom. The highest BCUT2D eigenvalue weighted by molar-refractivity contribution is 5.99. The van der Waals surface area contributed by atoms with E-state index in [1.165, 1.54) is 27.4 Å². The minimum absolute atomic E-state index is 0.0888. The van der Waals surface area contributed by atoms with Crippen molar-refractivity contribution in [3.8, 4) is 11.5 Å². The summed E-state index contributed by atoms with van der Waals surface area (Å²) in [6, 6.07) is 4.61. The summed E-state index contributed by atoms with van der Waals surface area (Å²) in [5, 5.41) is 12.3. The maximum absolute atomic E-state index is 11.9. The zero-order valence-corrected chi connectivity index (χ0v) is 10.6. The number of phenolic OH excluding ortho intramolecular Hbond substituents is 1. The van der Waals surface area contributed by atoms with Crippen LogP contribution in [0, 0.1) is 0 Å². The van der Waals surface area contributed by atoms with Crippen LogP contribution >= 0.6 is 0 Å². The number of methoxy groups -OCH3 is 3. The van der Waals surface area contributed by atoms with Gasteiger partial charge in [0.15, 0.2) is 6.29 Å². The van der Waals surface area contributed by atoms with Gasteiger partial charge in [-0.15, -0.1) is 0 Å². The normalized spacial score (nSPS) is 10.4. The molecule has 0 aliphatic rings. The van der Waals surface area contributed by atoms with Crippen molar-refractivity contribution in [1.82, 2.24) is 5.32 Å². The highest BCUT2D eigenvalue weighted by Gasteiger charge is 2.18. The molecule has 100 valence electrons. The second-order valence-corrected chi connectivity index (χ2v) is 3.47. The number of benzene rings is 1. The van der Waals surface area contributed by atoms with E-state index in [9.17, 15) is 9.90 Å². The SMILES string of the molecule is COc1cccc(O)c1C(=O)NCC(OC)OC. The van der Waals surface area contributed by atoms with E-state index in [-0.39, 0.29) is 17.9 Å². The summed E-state index contributed by atoms with van der Waals surface area (Å²) in [4.78, 5) is 11.9. The third-order valence-electron chi connectivity index (χ3n) is 2.41. The van der Waals surface area contributed by atoms with Crippen LogP contribution in [-0.4, -0.2) is 45.2 Å². The first kappa shape index (κ1) is 14.3. The summed E-state index contributed by atoms with van der Waals surface area (Å²) >= 11 is 0. The molecule has 0 spiro atoms. The van der Waals surface area contributed by atoms with Gasteiger partial charge in [-0.1, -0.05) is 6.07 Å². The predicted octanol–water partition coefficient (Wildman–Crippen LogP) is 0.749. The number of hydrogen-bond donors (Lipinski definition) is 2. The molecule has 0 unspecified atom stereocenters. The maximum Gasteiger partial charge on any atom is 0.259 e. The zero-order valence-electron chi connectivity index (χ0n) is 10.6. The third-order valence-corrected chi connectivity index (χ3v) is 2.41. The van der Waals surface area contributed by atoms with Crippen molar-refractivity contribution in [3.05, 3.63) is 23.8 Å². The molecule has 0 atom stereocenters. The van der Waals surface area contributed by atoms with Crippen molar-refractivity contribution in [2.75, 3.05) is 27.9 Å². The van der Waals surface area contributed by atoms with Crippen molar-refractivity contribution in [2.24, 2.45) is 0 Å². The van der Waals surface area contributed by atoms with E-state index in [2.05, 4.69) is 5.32 Å². The van der Waals surface area contributed by atoms with E-state index < -0.39 is 12.2 Å². The number of carbonyl (C=O) groups is 1. The minimum atomic E-state index is -0.536. The molecule has 18 heavy (non-hydrogen) atoms. The van der Waals surface area contributed by atoms with Crippen molar-refractivity contribution in [1.29, 1.82) is 0 Å². The Labute approximate surface area is 105 Å². The molecule has 0 aliphatic carbocycles. The second-order valence-electron chi connectivity index (χ2n) is 3.47. The smallest absolute Gasteiger partial charge is 0.259 e. The summed E-state index contributed by atoms with van der Waals surface area (Å²) in [6.07, 6.45) is -0.536. The number of carbonyl (C=O) groups excluding carboxylic acids is 1. The molecule has 0 aliphatic heterocycles. The van der Waals surface area contributed by atoms with Crippen LogP contribution in [0.2, 0.25) is 0 Å². The van der Waals surface area contributed by atoms with E-state index in [0.29, 0.717) is 5.75 Å². The van der Waals surface area contributed by atoms with Crippen LogP contribution in [0.5, 0.6) is 11.5 Å². The molecule has 2 N–H and O–H groups in total. The molecule has 0 radical (unpaired) electrons. The molecular formula is C12H17NO5. The first-order chi connectivity index (χ1) is 8.63. The van der Waals surface area contributed by atoms with Crippen LogP contribution in [0.15, 0.2) is 18.2 Å². The highest BCUT2D eigenvalue weighted by atomic mass is 16.7. The first-order valence-electron chi connectivity index (χ1n) is 5.33. The molecule has 0 saturated heterocycles. The fourth-order valence-electron chi connectivity index (χ4n) is 1.45. The number of amides is 1. The summed E-state index contributed by atoms with van der Waals surface area (Å²) in [5.74, 6) is -0.291. The van der Waals surface area contributed by atoms with Gasteiger partial charge in [0.2, 0.25) is 0 Å². The number of hydrogen-bond acceptors (Lipinski definition) is 5. The fraction of sp³-hybridized carbons (Fsp3) is 0.417. The van der Waals surface area contributed by atoms with Gasteiger partial charge >= 0.3 is 0 Å². The summed E-state index contributed by atoms with van der Waals surface area (Å²) in [7, 11) is 4.38. The molecule has 1 aromatic rings. The van der Waals surface area contributed by atoms with E-state index in [1.807, 2.05) is 0 Å². The van der Waals surface area contributed by atoms with Gasteiger partial charge in [-0.25, -0.2) is 0 Å². The number of nitrogens with one attached hydrogen (secondary N) is 1. The van der Waals surface area contributed by atoms with E-state index in [1.54, 1.807) is 12.1 Å². The topological polar surface area (TPSA) is 77.0 Å². The molecule has 6 heteroatoms. The zero-order chi connectivity index (χ0) is 13.5. The van der Waals surface area contributed by atoms with Gasteiger partial charge in [0, 0.05) is 14.2 Å². The molecule has 0 saturated carbocycles. The van der Waals surface area contributed by atoms with Crippen molar-refractivity contribution < 1.29 is 24.1 Å². The Hall–Kier alpha value is -1.79.